The van der Waals surface area contributed by atoms with E-state index in [0.29, 0.717) is 48.7 Å². The third-order valence-corrected chi connectivity index (χ3v) is 7.00. The second kappa shape index (κ2) is 9.49. The molecule has 0 spiro atoms. The van der Waals surface area contributed by atoms with Crippen molar-refractivity contribution in [1.29, 1.82) is 5.26 Å². The third kappa shape index (κ3) is 4.84. The minimum atomic E-state index is -3.97. The molecule has 0 saturated carbocycles. The molecule has 3 aromatic rings. The summed E-state index contributed by atoms with van der Waals surface area (Å²) in [4.78, 5) is 21.1. The lowest BCUT2D eigenvalue weighted by atomic mass is 10.1. The maximum absolute atomic E-state index is 13.2. The molecule has 0 atom stereocenters. The summed E-state index contributed by atoms with van der Waals surface area (Å²) < 4.78 is 41.2. The summed E-state index contributed by atoms with van der Waals surface area (Å²) in [5.74, 6) is -0.149. The molecule has 1 fully saturated rings. The number of nitriles is 1. The number of hydrogen-bond acceptors (Lipinski definition) is 6. The van der Waals surface area contributed by atoms with Crippen LogP contribution in [-0.4, -0.2) is 50.4 Å². The zero-order valence-corrected chi connectivity index (χ0v) is 19.2. The third-order valence-electron chi connectivity index (χ3n) is 5.62. The second-order valence-corrected chi connectivity index (χ2v) is 9.54. The fourth-order valence-corrected chi connectivity index (χ4v) is 4.84. The van der Waals surface area contributed by atoms with Crippen LogP contribution < -0.4 is 9.62 Å². The molecule has 1 aliphatic heterocycles. The molecule has 2 aromatic carbocycles. The Bertz CT molecular complexity index is 1360. The van der Waals surface area contributed by atoms with Crippen molar-refractivity contribution in [2.75, 3.05) is 35.8 Å². The van der Waals surface area contributed by atoms with E-state index in [1.54, 1.807) is 36.2 Å². The van der Waals surface area contributed by atoms with Crippen LogP contribution >= 0.6 is 0 Å². The van der Waals surface area contributed by atoms with Crippen molar-refractivity contribution >= 4 is 27.4 Å². The quantitative estimate of drug-likeness (QED) is 0.603. The van der Waals surface area contributed by atoms with Gasteiger partial charge in [-0.2, -0.15) is 5.26 Å². The number of piperazine rings is 1. The standard InChI is InChI=1S/C24H22FN5O3S/c1-17-4-9-21(34(32,33)28-20-7-5-19(25)6-8-20)15-22(17)24(31)30-13-11-29(12-14-30)23-18(16-26)3-2-10-27-23/h2-10,15,28H,11-14H2,1H3. The van der Waals surface area contributed by atoms with Crippen LogP contribution in [0, 0.1) is 24.1 Å². The van der Waals surface area contributed by atoms with E-state index >= 15 is 0 Å². The Kier molecular flexibility index (Phi) is 6.47. The lowest BCUT2D eigenvalue weighted by Gasteiger charge is -2.36. The van der Waals surface area contributed by atoms with Gasteiger partial charge in [0.05, 0.1) is 10.5 Å². The first-order chi connectivity index (χ1) is 16.3. The van der Waals surface area contributed by atoms with Crippen molar-refractivity contribution < 1.29 is 17.6 Å². The zero-order valence-electron chi connectivity index (χ0n) is 18.4. The predicted octanol–water partition coefficient (Wildman–Crippen LogP) is 3.16. The first-order valence-electron chi connectivity index (χ1n) is 10.6. The van der Waals surface area contributed by atoms with Gasteiger partial charge in [-0.05, 0) is 61.0 Å². The molecule has 1 amide bonds. The molecule has 0 aliphatic carbocycles. The van der Waals surface area contributed by atoms with Crippen LogP contribution in [0.3, 0.4) is 0 Å². The molecule has 10 heteroatoms. The van der Waals surface area contributed by atoms with Crippen molar-refractivity contribution in [1.82, 2.24) is 9.88 Å². The molecule has 4 rings (SSSR count). The van der Waals surface area contributed by atoms with Crippen LogP contribution in [-0.2, 0) is 10.0 Å². The summed E-state index contributed by atoms with van der Waals surface area (Å²) in [6.45, 7) is 3.57. The van der Waals surface area contributed by atoms with E-state index < -0.39 is 15.8 Å². The zero-order chi connectivity index (χ0) is 24.3. The van der Waals surface area contributed by atoms with Gasteiger partial charge >= 0.3 is 0 Å². The fraction of sp³-hybridized carbons (Fsp3) is 0.208. The average Bonchev–Trinajstić information content (AvgIpc) is 2.85. The number of halogens is 1. The number of carbonyl (C=O) groups excluding carboxylic acids is 1. The minimum Gasteiger partial charge on any atom is -0.352 e. The smallest absolute Gasteiger partial charge is 0.261 e. The molecule has 1 aromatic heterocycles. The number of sulfonamides is 1. The number of amides is 1. The highest BCUT2D eigenvalue weighted by molar-refractivity contribution is 7.92. The van der Waals surface area contributed by atoms with Gasteiger partial charge in [0.15, 0.2) is 0 Å². The maximum Gasteiger partial charge on any atom is 0.261 e. The molecule has 1 N–H and O–H groups in total. The summed E-state index contributed by atoms with van der Waals surface area (Å²) >= 11 is 0. The fourth-order valence-electron chi connectivity index (χ4n) is 3.76. The highest BCUT2D eigenvalue weighted by atomic mass is 32.2. The first-order valence-corrected chi connectivity index (χ1v) is 12.1. The Morgan fingerprint density at radius 3 is 2.47 bits per heavy atom. The molecule has 174 valence electrons. The van der Waals surface area contributed by atoms with Crippen LogP contribution in [0.1, 0.15) is 21.5 Å². The van der Waals surface area contributed by atoms with Crippen molar-refractivity contribution in [2.45, 2.75) is 11.8 Å². The number of nitrogens with zero attached hydrogens (tertiary/aromatic N) is 4. The number of benzene rings is 2. The topological polar surface area (TPSA) is 106 Å². The van der Waals surface area contributed by atoms with E-state index in [9.17, 15) is 22.9 Å². The van der Waals surface area contributed by atoms with Crippen LogP contribution in [0.15, 0.2) is 65.7 Å². The molecule has 1 aliphatic rings. The number of carbonyl (C=O) groups is 1. The Hall–Kier alpha value is -3.97. The Balaban J connectivity index is 1.50. The number of aromatic nitrogens is 1. The van der Waals surface area contributed by atoms with E-state index in [-0.39, 0.29) is 16.5 Å². The van der Waals surface area contributed by atoms with Crippen LogP contribution in [0.5, 0.6) is 0 Å². The van der Waals surface area contributed by atoms with Gasteiger partial charge in [-0.15, -0.1) is 0 Å². The monoisotopic (exact) mass is 479 g/mol. The lowest BCUT2D eigenvalue weighted by Crippen LogP contribution is -2.49. The summed E-state index contributed by atoms with van der Waals surface area (Å²) in [7, 11) is -3.97. The van der Waals surface area contributed by atoms with E-state index in [1.807, 2.05) is 4.90 Å². The lowest BCUT2D eigenvalue weighted by molar-refractivity contribution is 0.0745. The maximum atomic E-state index is 13.2. The molecule has 0 radical (unpaired) electrons. The van der Waals surface area contributed by atoms with Crippen LogP contribution in [0.2, 0.25) is 0 Å². The minimum absolute atomic E-state index is 0.0587. The highest BCUT2D eigenvalue weighted by Crippen LogP contribution is 2.23. The first kappa shape index (κ1) is 23.2. The summed E-state index contributed by atoms with van der Waals surface area (Å²) in [6, 6.07) is 14.9. The predicted molar refractivity (Wildman–Crippen MR) is 125 cm³/mol. The van der Waals surface area contributed by atoms with Crippen molar-refractivity contribution in [2.24, 2.45) is 0 Å². The number of hydrogen-bond donors (Lipinski definition) is 1. The number of aryl methyl sites for hydroxylation is 1. The average molecular weight is 480 g/mol. The Morgan fingerprint density at radius 2 is 1.79 bits per heavy atom. The van der Waals surface area contributed by atoms with Gasteiger partial charge in [-0.25, -0.2) is 17.8 Å². The summed E-state index contributed by atoms with van der Waals surface area (Å²) in [5, 5.41) is 9.31. The van der Waals surface area contributed by atoms with Crippen LogP contribution in [0.4, 0.5) is 15.9 Å². The highest BCUT2D eigenvalue weighted by Gasteiger charge is 2.26. The van der Waals surface area contributed by atoms with Gasteiger partial charge in [0, 0.05) is 43.6 Å². The van der Waals surface area contributed by atoms with Crippen LogP contribution in [0.25, 0.3) is 0 Å². The normalized spacial score (nSPS) is 13.9. The second-order valence-electron chi connectivity index (χ2n) is 7.85. The molecular formula is C24H22FN5O3S. The number of pyridine rings is 1. The summed E-state index contributed by atoms with van der Waals surface area (Å²) in [6.07, 6.45) is 1.63. The van der Waals surface area contributed by atoms with Gasteiger partial charge in [-0.3, -0.25) is 9.52 Å². The van der Waals surface area contributed by atoms with Gasteiger partial charge < -0.3 is 9.80 Å². The number of rotatable bonds is 5. The summed E-state index contributed by atoms with van der Waals surface area (Å²) in [5.41, 5.74) is 1.65. The largest absolute Gasteiger partial charge is 0.352 e. The molecule has 0 bridgehead atoms. The molecule has 0 unspecified atom stereocenters. The Labute approximate surface area is 197 Å². The van der Waals surface area contributed by atoms with E-state index in [4.69, 9.17) is 0 Å². The van der Waals surface area contributed by atoms with Crippen molar-refractivity contribution in [3.63, 3.8) is 0 Å². The van der Waals surface area contributed by atoms with Crippen molar-refractivity contribution in [3.8, 4) is 6.07 Å². The van der Waals surface area contributed by atoms with E-state index in [0.717, 1.165) is 12.1 Å². The molecule has 1 saturated heterocycles. The van der Waals surface area contributed by atoms with Crippen molar-refractivity contribution in [3.05, 3.63) is 83.3 Å². The molecular weight excluding hydrogens is 457 g/mol. The van der Waals surface area contributed by atoms with Gasteiger partial charge in [0.1, 0.15) is 17.7 Å². The molecule has 34 heavy (non-hydrogen) atoms. The van der Waals surface area contributed by atoms with E-state index in [2.05, 4.69) is 15.8 Å². The number of nitrogens with one attached hydrogen (secondary N) is 1. The SMILES string of the molecule is Cc1ccc(S(=O)(=O)Nc2ccc(F)cc2)cc1C(=O)N1CCN(c2ncccc2C#N)CC1. The molecule has 8 nitrogen and oxygen atoms in total. The van der Waals surface area contributed by atoms with Gasteiger partial charge in [-0.1, -0.05) is 6.07 Å². The van der Waals surface area contributed by atoms with E-state index in [1.165, 1.54) is 24.3 Å². The van der Waals surface area contributed by atoms with Gasteiger partial charge in [0.25, 0.3) is 15.9 Å². The number of anilines is 2. The Morgan fingerprint density at radius 1 is 1.09 bits per heavy atom. The molecule has 2 heterocycles. The van der Waals surface area contributed by atoms with Gasteiger partial charge in [0.2, 0.25) is 0 Å².